The third-order valence-corrected chi connectivity index (χ3v) is 5.62. The van der Waals surface area contributed by atoms with Gasteiger partial charge < -0.3 is 20.1 Å². The van der Waals surface area contributed by atoms with E-state index in [0.717, 1.165) is 49.5 Å². The molecule has 1 aromatic heterocycles. The Morgan fingerprint density at radius 1 is 1.42 bits per heavy atom. The Bertz CT molecular complexity index is 558. The topological polar surface area (TPSA) is 61.8 Å². The first-order chi connectivity index (χ1) is 11.7. The molecule has 2 aliphatic heterocycles. The fourth-order valence-corrected chi connectivity index (χ4v) is 4.10. The smallest absolute Gasteiger partial charge is 0.244 e. The van der Waals surface area contributed by atoms with Crippen LogP contribution < -0.4 is 5.32 Å². The van der Waals surface area contributed by atoms with Crippen molar-refractivity contribution in [2.45, 2.75) is 44.4 Å². The molecule has 0 saturated carbocycles. The van der Waals surface area contributed by atoms with E-state index in [4.69, 9.17) is 9.84 Å². The SMILES string of the molecule is O=C(C=Cc1cc(CO)cs1)NC1CCN(CC2CCCO2)CC1. The van der Waals surface area contributed by atoms with Gasteiger partial charge in [-0.2, -0.15) is 0 Å². The van der Waals surface area contributed by atoms with Crippen LogP contribution in [-0.2, 0) is 16.1 Å². The van der Waals surface area contributed by atoms with E-state index in [9.17, 15) is 4.79 Å². The molecule has 6 heteroatoms. The fraction of sp³-hybridized carbons (Fsp3) is 0.611. The van der Waals surface area contributed by atoms with Crippen LogP contribution in [0.2, 0.25) is 0 Å². The van der Waals surface area contributed by atoms with Crippen LogP contribution in [0.4, 0.5) is 0 Å². The van der Waals surface area contributed by atoms with Crippen molar-refractivity contribution in [1.82, 2.24) is 10.2 Å². The average Bonchev–Trinajstić information content (AvgIpc) is 3.26. The lowest BCUT2D eigenvalue weighted by Gasteiger charge is -2.33. The molecule has 2 aliphatic rings. The Morgan fingerprint density at radius 2 is 2.25 bits per heavy atom. The molecular formula is C18H26N2O3S. The number of hydrogen-bond donors (Lipinski definition) is 2. The highest BCUT2D eigenvalue weighted by Gasteiger charge is 2.24. The highest BCUT2D eigenvalue weighted by molar-refractivity contribution is 7.11. The molecule has 3 rings (SSSR count). The molecule has 1 aromatic rings. The number of aliphatic hydroxyl groups excluding tert-OH is 1. The molecule has 0 spiro atoms. The van der Waals surface area contributed by atoms with E-state index < -0.39 is 0 Å². The summed E-state index contributed by atoms with van der Waals surface area (Å²) >= 11 is 1.53. The van der Waals surface area contributed by atoms with Crippen LogP contribution in [0.1, 0.15) is 36.1 Å². The standard InChI is InChI=1S/C18H26N2O3S/c21-12-14-10-17(24-13-14)3-4-18(22)19-15-5-7-20(8-6-15)11-16-2-1-9-23-16/h3-4,10,13,15-16,21H,1-2,5-9,11-12H2,(H,19,22). The van der Waals surface area contributed by atoms with E-state index in [2.05, 4.69) is 10.2 Å². The van der Waals surface area contributed by atoms with Crippen LogP contribution >= 0.6 is 11.3 Å². The van der Waals surface area contributed by atoms with Crippen LogP contribution in [-0.4, -0.2) is 54.3 Å². The van der Waals surface area contributed by atoms with Crippen molar-refractivity contribution < 1.29 is 14.6 Å². The molecule has 2 saturated heterocycles. The van der Waals surface area contributed by atoms with Gasteiger partial charge in [0.15, 0.2) is 0 Å². The van der Waals surface area contributed by atoms with E-state index in [-0.39, 0.29) is 18.6 Å². The molecular weight excluding hydrogens is 324 g/mol. The summed E-state index contributed by atoms with van der Waals surface area (Å²) in [5, 5.41) is 14.0. The van der Waals surface area contributed by atoms with Crippen molar-refractivity contribution in [3.05, 3.63) is 28.0 Å². The highest BCUT2D eigenvalue weighted by Crippen LogP contribution is 2.18. The summed E-state index contributed by atoms with van der Waals surface area (Å²) in [6.07, 6.45) is 8.18. The fourth-order valence-electron chi connectivity index (χ4n) is 3.31. The largest absolute Gasteiger partial charge is 0.392 e. The number of rotatable bonds is 6. The number of piperidine rings is 1. The lowest BCUT2D eigenvalue weighted by molar-refractivity contribution is -0.117. The third-order valence-electron chi connectivity index (χ3n) is 4.68. The molecule has 5 nitrogen and oxygen atoms in total. The van der Waals surface area contributed by atoms with Gasteiger partial charge in [-0.1, -0.05) is 0 Å². The van der Waals surface area contributed by atoms with Crippen molar-refractivity contribution >= 4 is 23.3 Å². The summed E-state index contributed by atoms with van der Waals surface area (Å²) in [7, 11) is 0. The lowest BCUT2D eigenvalue weighted by Crippen LogP contribution is -2.46. The van der Waals surface area contributed by atoms with Crippen molar-refractivity contribution in [3.8, 4) is 0 Å². The zero-order valence-electron chi connectivity index (χ0n) is 13.9. The van der Waals surface area contributed by atoms with Crippen LogP contribution in [0.15, 0.2) is 17.5 Å². The number of thiophene rings is 1. The van der Waals surface area contributed by atoms with Crippen LogP contribution in [0.25, 0.3) is 6.08 Å². The summed E-state index contributed by atoms with van der Waals surface area (Å²) in [4.78, 5) is 15.5. The number of ether oxygens (including phenoxy) is 1. The number of amides is 1. The number of hydrogen-bond acceptors (Lipinski definition) is 5. The summed E-state index contributed by atoms with van der Waals surface area (Å²) in [5.41, 5.74) is 0.888. The zero-order chi connectivity index (χ0) is 16.8. The monoisotopic (exact) mass is 350 g/mol. The van der Waals surface area contributed by atoms with Crippen LogP contribution in [0.5, 0.6) is 0 Å². The minimum Gasteiger partial charge on any atom is -0.392 e. The quantitative estimate of drug-likeness (QED) is 0.771. The maximum Gasteiger partial charge on any atom is 0.244 e. The maximum absolute atomic E-state index is 12.0. The van der Waals surface area contributed by atoms with E-state index in [1.54, 1.807) is 6.08 Å². The summed E-state index contributed by atoms with van der Waals surface area (Å²) in [6, 6.07) is 2.16. The molecule has 2 fully saturated rings. The Kier molecular flexibility index (Phi) is 6.43. The van der Waals surface area contributed by atoms with Gasteiger partial charge in [0.1, 0.15) is 0 Å². The number of carbonyl (C=O) groups excluding carboxylic acids is 1. The summed E-state index contributed by atoms with van der Waals surface area (Å²) in [5.74, 6) is -0.0356. The van der Waals surface area contributed by atoms with Gasteiger partial charge in [-0.05, 0) is 48.8 Å². The molecule has 132 valence electrons. The second kappa shape index (κ2) is 8.76. The molecule has 2 N–H and O–H groups in total. The van der Waals surface area contributed by atoms with Gasteiger partial charge in [-0.15, -0.1) is 11.3 Å². The minimum atomic E-state index is -0.0356. The van der Waals surface area contributed by atoms with Crippen molar-refractivity contribution in [3.63, 3.8) is 0 Å². The molecule has 1 atom stereocenters. The average molecular weight is 350 g/mol. The second-order valence-corrected chi connectivity index (χ2v) is 7.51. The third kappa shape index (κ3) is 5.14. The maximum atomic E-state index is 12.0. The molecule has 0 radical (unpaired) electrons. The molecule has 3 heterocycles. The number of nitrogens with one attached hydrogen (secondary N) is 1. The number of likely N-dealkylation sites (tertiary alicyclic amines) is 1. The van der Waals surface area contributed by atoms with Crippen LogP contribution in [0.3, 0.4) is 0 Å². The Balaban J connectivity index is 1.38. The van der Waals surface area contributed by atoms with E-state index in [1.165, 1.54) is 24.2 Å². The molecule has 0 bridgehead atoms. The van der Waals surface area contributed by atoms with Crippen molar-refractivity contribution in [2.24, 2.45) is 0 Å². The first-order valence-corrected chi connectivity index (χ1v) is 9.61. The van der Waals surface area contributed by atoms with Gasteiger partial charge in [0.25, 0.3) is 0 Å². The molecule has 0 aromatic carbocycles. The van der Waals surface area contributed by atoms with Crippen molar-refractivity contribution in [1.29, 1.82) is 0 Å². The predicted octanol–water partition coefficient (Wildman–Crippen LogP) is 2.01. The van der Waals surface area contributed by atoms with Crippen LogP contribution in [0, 0.1) is 0 Å². The molecule has 1 unspecified atom stereocenters. The predicted molar refractivity (Wildman–Crippen MR) is 95.9 cm³/mol. The van der Waals surface area contributed by atoms with Gasteiger partial charge in [0.05, 0.1) is 12.7 Å². The zero-order valence-corrected chi connectivity index (χ0v) is 14.8. The Morgan fingerprint density at radius 3 is 2.92 bits per heavy atom. The summed E-state index contributed by atoms with van der Waals surface area (Å²) < 4.78 is 5.70. The van der Waals surface area contributed by atoms with E-state index >= 15 is 0 Å². The van der Waals surface area contributed by atoms with E-state index in [1.807, 2.05) is 17.5 Å². The number of carbonyl (C=O) groups is 1. The van der Waals surface area contributed by atoms with Gasteiger partial charge in [0.2, 0.25) is 5.91 Å². The highest BCUT2D eigenvalue weighted by atomic mass is 32.1. The van der Waals surface area contributed by atoms with Gasteiger partial charge >= 0.3 is 0 Å². The Labute approximate surface area is 147 Å². The van der Waals surface area contributed by atoms with Crippen molar-refractivity contribution in [2.75, 3.05) is 26.2 Å². The molecule has 0 aliphatic carbocycles. The number of aliphatic hydroxyl groups is 1. The van der Waals surface area contributed by atoms with Gasteiger partial charge in [-0.3, -0.25) is 4.79 Å². The first kappa shape index (κ1) is 17.6. The second-order valence-electron chi connectivity index (χ2n) is 6.57. The van der Waals surface area contributed by atoms with Gasteiger partial charge in [-0.25, -0.2) is 0 Å². The lowest BCUT2D eigenvalue weighted by atomic mass is 10.0. The summed E-state index contributed by atoms with van der Waals surface area (Å²) in [6.45, 7) is 4.04. The molecule has 1 amide bonds. The minimum absolute atomic E-state index is 0.0356. The van der Waals surface area contributed by atoms with Gasteiger partial charge in [0, 0.05) is 43.2 Å². The molecule has 24 heavy (non-hydrogen) atoms. The first-order valence-electron chi connectivity index (χ1n) is 8.74. The number of nitrogens with zero attached hydrogens (tertiary/aromatic N) is 1. The van der Waals surface area contributed by atoms with E-state index in [0.29, 0.717) is 6.10 Å². The Hall–Kier alpha value is -1.21. The normalized spacial score (nSPS) is 23.1.